The van der Waals surface area contributed by atoms with E-state index in [-0.39, 0.29) is 4.90 Å². The highest BCUT2D eigenvalue weighted by atomic mass is 32.2. The van der Waals surface area contributed by atoms with Gasteiger partial charge in [0.15, 0.2) is 0 Å². The predicted octanol–water partition coefficient (Wildman–Crippen LogP) is 10.2. The quantitative estimate of drug-likeness (QED) is 0.103. The molecular weight excluding hydrogens is 452 g/mol. The van der Waals surface area contributed by atoms with Gasteiger partial charge >= 0.3 is 0 Å². The largest absolute Gasteiger partial charge is 0.296 e. The Balaban J connectivity index is 2.36. The van der Waals surface area contributed by atoms with E-state index in [2.05, 4.69) is 13.8 Å². The summed E-state index contributed by atoms with van der Waals surface area (Å²) >= 11 is 0. The molecule has 1 atom stereocenters. The summed E-state index contributed by atoms with van der Waals surface area (Å²) in [5.41, 5.74) is 1.05. The Morgan fingerprint density at radius 2 is 0.971 bits per heavy atom. The Labute approximate surface area is 219 Å². The van der Waals surface area contributed by atoms with E-state index in [1.807, 2.05) is 19.1 Å². The molecule has 35 heavy (non-hydrogen) atoms. The third-order valence-corrected chi connectivity index (χ3v) is 8.50. The van der Waals surface area contributed by atoms with Crippen molar-refractivity contribution >= 4 is 10.1 Å². The zero-order valence-corrected chi connectivity index (χ0v) is 24.2. The summed E-state index contributed by atoms with van der Waals surface area (Å²) in [6.07, 6.45) is 25.9. The van der Waals surface area contributed by atoms with Crippen molar-refractivity contribution in [2.45, 2.75) is 154 Å². The molecule has 0 bridgehead atoms. The highest BCUT2D eigenvalue weighted by Gasteiger charge is 2.18. The summed E-state index contributed by atoms with van der Waals surface area (Å²) in [5, 5.41) is 0. The second kappa shape index (κ2) is 21.2. The summed E-state index contributed by atoms with van der Waals surface area (Å²) in [7, 11) is -3.67. The number of aryl methyl sites for hydroxylation is 1. The fraction of sp³-hybridized carbons (Fsp3) is 0.806. The number of benzene rings is 1. The number of hydrogen-bond acceptors (Lipinski definition) is 3. The molecule has 4 heteroatoms. The third kappa shape index (κ3) is 17.3. The minimum Gasteiger partial charge on any atom is -0.266 e. The van der Waals surface area contributed by atoms with E-state index in [9.17, 15) is 8.42 Å². The van der Waals surface area contributed by atoms with Crippen LogP contribution in [0, 0.1) is 12.8 Å². The molecule has 1 aromatic rings. The monoisotopic (exact) mass is 508 g/mol. The molecule has 0 radical (unpaired) electrons. The minimum absolute atomic E-state index is 0.271. The highest BCUT2D eigenvalue weighted by molar-refractivity contribution is 7.86. The molecule has 0 N–H and O–H groups in total. The molecule has 0 saturated carbocycles. The van der Waals surface area contributed by atoms with Crippen molar-refractivity contribution in [1.82, 2.24) is 0 Å². The van der Waals surface area contributed by atoms with Crippen LogP contribution in [0.25, 0.3) is 0 Å². The van der Waals surface area contributed by atoms with Gasteiger partial charge in [-0.3, -0.25) is 4.18 Å². The molecule has 0 aliphatic heterocycles. The fourth-order valence-electron chi connectivity index (χ4n) is 4.76. The lowest BCUT2D eigenvalue weighted by atomic mass is 9.94. The van der Waals surface area contributed by atoms with Crippen LogP contribution in [0.15, 0.2) is 29.2 Å². The third-order valence-electron chi connectivity index (χ3n) is 7.20. The van der Waals surface area contributed by atoms with Gasteiger partial charge in [-0.1, -0.05) is 147 Å². The Hall–Kier alpha value is -0.870. The summed E-state index contributed by atoms with van der Waals surface area (Å²) in [4.78, 5) is 0.271. The molecule has 0 aliphatic carbocycles. The molecule has 204 valence electrons. The first-order chi connectivity index (χ1) is 17.0. The van der Waals surface area contributed by atoms with Gasteiger partial charge in [-0.25, -0.2) is 0 Å². The van der Waals surface area contributed by atoms with Crippen LogP contribution in [-0.4, -0.2) is 15.0 Å². The van der Waals surface area contributed by atoms with Crippen LogP contribution in [0.2, 0.25) is 0 Å². The summed E-state index contributed by atoms with van der Waals surface area (Å²) < 4.78 is 30.9. The number of unbranched alkanes of at least 4 members (excludes halogenated alkanes) is 16. The molecule has 1 unspecified atom stereocenters. The average Bonchev–Trinajstić information content (AvgIpc) is 2.85. The zero-order chi connectivity index (χ0) is 25.6. The van der Waals surface area contributed by atoms with Crippen molar-refractivity contribution in [1.29, 1.82) is 0 Å². The van der Waals surface area contributed by atoms with Crippen LogP contribution < -0.4 is 0 Å². The second-order valence-corrected chi connectivity index (χ2v) is 12.3. The molecule has 1 rings (SSSR count). The first kappa shape index (κ1) is 32.2. The number of rotatable bonds is 24. The van der Waals surface area contributed by atoms with Crippen LogP contribution in [0.5, 0.6) is 0 Å². The van der Waals surface area contributed by atoms with Crippen LogP contribution >= 0.6 is 0 Å². The summed E-state index contributed by atoms with van der Waals surface area (Å²) in [6.45, 7) is 6.81. The van der Waals surface area contributed by atoms with E-state index >= 15 is 0 Å². The van der Waals surface area contributed by atoms with E-state index in [0.717, 1.165) is 18.4 Å². The zero-order valence-electron chi connectivity index (χ0n) is 23.4. The average molecular weight is 509 g/mol. The molecular formula is C31H56O3S. The van der Waals surface area contributed by atoms with Crippen LogP contribution in [0.1, 0.15) is 148 Å². The van der Waals surface area contributed by atoms with Gasteiger partial charge in [0.2, 0.25) is 0 Å². The Kier molecular flexibility index (Phi) is 19.5. The molecule has 0 spiro atoms. The van der Waals surface area contributed by atoms with Crippen molar-refractivity contribution in [2.24, 2.45) is 5.92 Å². The standard InChI is InChI=1S/C31H56O3S/c1-4-6-8-10-12-14-15-17-19-21-23-30(22-20-18-16-13-11-9-7-5-2)28-34-35(32,33)31-26-24-29(3)25-27-31/h24-27,30H,4-23,28H2,1-3H3. The topological polar surface area (TPSA) is 43.4 Å². The van der Waals surface area contributed by atoms with Gasteiger partial charge in [-0.2, -0.15) is 8.42 Å². The first-order valence-electron chi connectivity index (χ1n) is 15.0. The fourth-order valence-corrected chi connectivity index (χ4v) is 5.73. The maximum absolute atomic E-state index is 12.7. The Morgan fingerprint density at radius 1 is 0.600 bits per heavy atom. The molecule has 0 fully saturated rings. The van der Waals surface area contributed by atoms with Gasteiger partial charge < -0.3 is 0 Å². The molecule has 3 nitrogen and oxygen atoms in total. The van der Waals surface area contributed by atoms with Crippen molar-refractivity contribution in [3.63, 3.8) is 0 Å². The highest BCUT2D eigenvalue weighted by Crippen LogP contribution is 2.22. The SMILES string of the molecule is CCCCCCCCCCCCC(CCCCCCCCCC)COS(=O)(=O)c1ccc(C)cc1. The van der Waals surface area contributed by atoms with Gasteiger partial charge in [-0.05, 0) is 37.8 Å². The van der Waals surface area contributed by atoms with Crippen molar-refractivity contribution in [3.05, 3.63) is 29.8 Å². The first-order valence-corrected chi connectivity index (χ1v) is 16.4. The summed E-state index contributed by atoms with van der Waals surface area (Å²) in [6, 6.07) is 6.97. The molecule has 0 saturated heterocycles. The van der Waals surface area contributed by atoms with E-state index in [1.165, 1.54) is 116 Å². The van der Waals surface area contributed by atoms with Crippen molar-refractivity contribution < 1.29 is 12.6 Å². The van der Waals surface area contributed by atoms with Gasteiger partial charge in [0.25, 0.3) is 10.1 Å². The van der Waals surface area contributed by atoms with Crippen LogP contribution in [0.4, 0.5) is 0 Å². The predicted molar refractivity (Wildman–Crippen MR) is 151 cm³/mol. The minimum atomic E-state index is -3.67. The Morgan fingerprint density at radius 3 is 1.37 bits per heavy atom. The molecule has 0 amide bonds. The molecule has 1 aromatic carbocycles. The maximum atomic E-state index is 12.7. The van der Waals surface area contributed by atoms with Gasteiger partial charge in [0.05, 0.1) is 11.5 Å². The normalized spacial score (nSPS) is 12.8. The van der Waals surface area contributed by atoms with E-state index < -0.39 is 10.1 Å². The molecule has 0 aromatic heterocycles. The van der Waals surface area contributed by atoms with E-state index in [0.29, 0.717) is 12.5 Å². The van der Waals surface area contributed by atoms with Gasteiger partial charge in [0.1, 0.15) is 0 Å². The Bertz CT molecular complexity index is 696. The van der Waals surface area contributed by atoms with Crippen molar-refractivity contribution in [3.8, 4) is 0 Å². The van der Waals surface area contributed by atoms with Gasteiger partial charge in [-0.15, -0.1) is 0 Å². The summed E-state index contributed by atoms with van der Waals surface area (Å²) in [5.74, 6) is 0.337. The number of hydrogen-bond donors (Lipinski definition) is 0. The smallest absolute Gasteiger partial charge is 0.266 e. The van der Waals surface area contributed by atoms with Gasteiger partial charge in [0, 0.05) is 0 Å². The van der Waals surface area contributed by atoms with E-state index in [1.54, 1.807) is 12.1 Å². The maximum Gasteiger partial charge on any atom is 0.296 e. The molecule has 0 heterocycles. The van der Waals surface area contributed by atoms with Crippen LogP contribution in [0.3, 0.4) is 0 Å². The lowest BCUT2D eigenvalue weighted by molar-refractivity contribution is 0.229. The lowest BCUT2D eigenvalue weighted by Gasteiger charge is -2.17. The second-order valence-electron chi connectivity index (χ2n) is 10.7. The molecule has 0 aliphatic rings. The lowest BCUT2D eigenvalue weighted by Crippen LogP contribution is -2.15. The van der Waals surface area contributed by atoms with E-state index in [4.69, 9.17) is 4.18 Å². The van der Waals surface area contributed by atoms with Crippen molar-refractivity contribution in [2.75, 3.05) is 6.61 Å². The van der Waals surface area contributed by atoms with Crippen LogP contribution in [-0.2, 0) is 14.3 Å².